The fraction of sp³-hybridized carbons (Fsp3) is 0.412. The zero-order chi connectivity index (χ0) is 19.0. The van der Waals surface area contributed by atoms with E-state index in [4.69, 9.17) is 0 Å². The van der Waals surface area contributed by atoms with Crippen LogP contribution in [0.5, 0.6) is 0 Å². The number of aliphatic imine (C=N–C) groups is 1. The molecule has 1 heterocycles. The standard InChI is InChI=1S/C17H20F4N4S/c1-2-22-16(23-8-4-6-12-5-3-7-13(18)9-12)24-10-15-25-14(11-26-15)17(19,20)21/h3,5,7,9,11H,2,4,6,8,10H2,1H3,(H2,22,23,24). The van der Waals surface area contributed by atoms with E-state index in [1.165, 1.54) is 12.1 Å². The minimum absolute atomic E-state index is 0.0694. The first-order valence-electron chi connectivity index (χ1n) is 8.16. The second kappa shape index (κ2) is 9.51. The lowest BCUT2D eigenvalue weighted by molar-refractivity contribution is -0.140. The Bertz CT molecular complexity index is 728. The molecule has 1 aromatic carbocycles. The largest absolute Gasteiger partial charge is 0.434 e. The number of aryl methyl sites for hydroxylation is 1. The fourth-order valence-electron chi connectivity index (χ4n) is 2.19. The molecule has 0 aliphatic heterocycles. The highest BCUT2D eigenvalue weighted by atomic mass is 32.1. The van der Waals surface area contributed by atoms with Crippen molar-refractivity contribution in [3.8, 4) is 0 Å². The monoisotopic (exact) mass is 388 g/mol. The Hall–Kier alpha value is -2.16. The van der Waals surface area contributed by atoms with Gasteiger partial charge in [-0.3, -0.25) is 0 Å². The first kappa shape index (κ1) is 20.2. The molecule has 9 heteroatoms. The summed E-state index contributed by atoms with van der Waals surface area (Å²) in [4.78, 5) is 7.81. The number of nitrogens with zero attached hydrogens (tertiary/aromatic N) is 2. The van der Waals surface area contributed by atoms with Crippen molar-refractivity contribution in [2.24, 2.45) is 4.99 Å². The Morgan fingerprint density at radius 1 is 1.27 bits per heavy atom. The van der Waals surface area contributed by atoms with Crippen LogP contribution in [0.15, 0.2) is 34.6 Å². The summed E-state index contributed by atoms with van der Waals surface area (Å²) in [6.45, 7) is 3.20. The van der Waals surface area contributed by atoms with Crippen LogP contribution >= 0.6 is 11.3 Å². The molecule has 0 saturated heterocycles. The third kappa shape index (κ3) is 6.62. The van der Waals surface area contributed by atoms with E-state index < -0.39 is 11.9 Å². The number of guanidine groups is 1. The van der Waals surface area contributed by atoms with E-state index in [0.717, 1.165) is 28.7 Å². The molecule has 0 radical (unpaired) electrons. The maximum absolute atomic E-state index is 13.1. The molecule has 0 atom stereocenters. The maximum Gasteiger partial charge on any atom is 0.434 e. The lowest BCUT2D eigenvalue weighted by atomic mass is 10.1. The average molecular weight is 388 g/mol. The fourth-order valence-corrected chi connectivity index (χ4v) is 2.92. The molecule has 0 spiro atoms. The van der Waals surface area contributed by atoms with Gasteiger partial charge in [0.2, 0.25) is 0 Å². The Morgan fingerprint density at radius 2 is 2.08 bits per heavy atom. The zero-order valence-electron chi connectivity index (χ0n) is 14.2. The molecule has 0 saturated carbocycles. The Labute approximate surface area is 153 Å². The van der Waals surface area contributed by atoms with Gasteiger partial charge in [-0.15, -0.1) is 11.3 Å². The van der Waals surface area contributed by atoms with Gasteiger partial charge in [0.25, 0.3) is 0 Å². The Morgan fingerprint density at radius 3 is 2.73 bits per heavy atom. The molecule has 1 aromatic heterocycles. The highest BCUT2D eigenvalue weighted by Gasteiger charge is 2.33. The lowest BCUT2D eigenvalue weighted by Crippen LogP contribution is -2.37. The summed E-state index contributed by atoms with van der Waals surface area (Å²) < 4.78 is 50.8. The van der Waals surface area contributed by atoms with Gasteiger partial charge < -0.3 is 10.6 Å². The molecule has 0 aliphatic rings. The van der Waals surface area contributed by atoms with Crippen LogP contribution in [-0.2, 0) is 19.1 Å². The van der Waals surface area contributed by atoms with Crippen molar-refractivity contribution in [1.82, 2.24) is 15.6 Å². The summed E-state index contributed by atoms with van der Waals surface area (Å²) in [7, 11) is 0. The van der Waals surface area contributed by atoms with E-state index in [2.05, 4.69) is 20.6 Å². The summed E-state index contributed by atoms with van der Waals surface area (Å²) >= 11 is 0.934. The van der Waals surface area contributed by atoms with Gasteiger partial charge in [0.05, 0.1) is 6.54 Å². The second-order valence-electron chi connectivity index (χ2n) is 5.48. The number of halogens is 4. The molecule has 4 nitrogen and oxygen atoms in total. The molecular weight excluding hydrogens is 368 g/mol. The van der Waals surface area contributed by atoms with E-state index in [-0.39, 0.29) is 12.4 Å². The van der Waals surface area contributed by atoms with E-state index in [1.54, 1.807) is 6.07 Å². The van der Waals surface area contributed by atoms with Crippen LogP contribution in [0, 0.1) is 5.82 Å². The molecule has 2 rings (SSSR count). The van der Waals surface area contributed by atoms with Crippen molar-refractivity contribution in [1.29, 1.82) is 0 Å². The highest BCUT2D eigenvalue weighted by Crippen LogP contribution is 2.30. The molecule has 0 unspecified atom stereocenters. The molecule has 142 valence electrons. The van der Waals surface area contributed by atoms with Crippen molar-refractivity contribution in [3.63, 3.8) is 0 Å². The normalized spacial score (nSPS) is 12.3. The summed E-state index contributed by atoms with van der Waals surface area (Å²) in [5.74, 6) is 0.252. The number of aromatic nitrogens is 1. The lowest BCUT2D eigenvalue weighted by Gasteiger charge is -2.11. The van der Waals surface area contributed by atoms with Crippen molar-refractivity contribution >= 4 is 17.3 Å². The summed E-state index contributed by atoms with van der Waals surface area (Å²) in [5, 5.41) is 7.43. The second-order valence-corrected chi connectivity index (χ2v) is 6.42. The van der Waals surface area contributed by atoms with Gasteiger partial charge in [-0.25, -0.2) is 14.4 Å². The van der Waals surface area contributed by atoms with E-state index in [1.807, 2.05) is 13.0 Å². The molecule has 0 aliphatic carbocycles. The number of thiazole rings is 1. The number of benzene rings is 1. The smallest absolute Gasteiger partial charge is 0.357 e. The topological polar surface area (TPSA) is 49.3 Å². The Balaban J connectivity index is 1.83. The number of rotatable bonds is 7. The first-order chi connectivity index (χ1) is 12.4. The predicted molar refractivity (Wildman–Crippen MR) is 94.7 cm³/mol. The molecule has 2 aromatic rings. The van der Waals surface area contributed by atoms with E-state index in [0.29, 0.717) is 30.5 Å². The maximum atomic E-state index is 13.1. The predicted octanol–water partition coefficient (Wildman–Crippen LogP) is 3.99. The van der Waals surface area contributed by atoms with Crippen molar-refractivity contribution < 1.29 is 17.6 Å². The Kier molecular flexibility index (Phi) is 7.38. The van der Waals surface area contributed by atoms with Crippen LogP contribution in [-0.4, -0.2) is 24.0 Å². The summed E-state index contributed by atoms with van der Waals surface area (Å²) in [5.41, 5.74) is 0.0250. The van der Waals surface area contributed by atoms with Crippen molar-refractivity contribution in [2.45, 2.75) is 32.5 Å². The van der Waals surface area contributed by atoms with Gasteiger partial charge in [-0.2, -0.15) is 13.2 Å². The van der Waals surface area contributed by atoms with Crippen LogP contribution in [0.2, 0.25) is 0 Å². The number of hydrogen-bond donors (Lipinski definition) is 2. The SMILES string of the molecule is CCNC(=NCc1nc(C(F)(F)F)cs1)NCCCc1cccc(F)c1. The zero-order valence-corrected chi connectivity index (χ0v) is 15.1. The molecule has 0 bridgehead atoms. The summed E-state index contributed by atoms with van der Waals surface area (Å²) in [6.07, 6.45) is -2.95. The van der Waals surface area contributed by atoms with Crippen LogP contribution in [0.3, 0.4) is 0 Å². The number of alkyl halides is 3. The number of hydrogen-bond acceptors (Lipinski definition) is 3. The minimum Gasteiger partial charge on any atom is -0.357 e. The van der Waals surface area contributed by atoms with Crippen LogP contribution in [0.4, 0.5) is 17.6 Å². The van der Waals surface area contributed by atoms with Gasteiger partial charge in [-0.1, -0.05) is 12.1 Å². The number of nitrogens with one attached hydrogen (secondary N) is 2. The van der Waals surface area contributed by atoms with Crippen molar-refractivity contribution in [2.75, 3.05) is 13.1 Å². The van der Waals surface area contributed by atoms with Gasteiger partial charge in [-0.05, 0) is 37.5 Å². The van der Waals surface area contributed by atoms with Crippen molar-refractivity contribution in [3.05, 3.63) is 51.7 Å². The average Bonchev–Trinajstić information content (AvgIpc) is 3.06. The van der Waals surface area contributed by atoms with Gasteiger partial charge >= 0.3 is 6.18 Å². The van der Waals surface area contributed by atoms with E-state index in [9.17, 15) is 17.6 Å². The molecular formula is C17H20F4N4S. The van der Waals surface area contributed by atoms with Gasteiger partial charge in [0, 0.05) is 18.5 Å². The van der Waals surface area contributed by atoms with Crippen LogP contribution < -0.4 is 10.6 Å². The van der Waals surface area contributed by atoms with Crippen LogP contribution in [0.1, 0.15) is 29.6 Å². The van der Waals surface area contributed by atoms with Crippen LogP contribution in [0.25, 0.3) is 0 Å². The quantitative estimate of drug-likeness (QED) is 0.326. The molecule has 26 heavy (non-hydrogen) atoms. The van der Waals surface area contributed by atoms with Gasteiger partial charge in [0.1, 0.15) is 10.8 Å². The first-order valence-corrected chi connectivity index (χ1v) is 9.04. The van der Waals surface area contributed by atoms with E-state index >= 15 is 0 Å². The highest BCUT2D eigenvalue weighted by molar-refractivity contribution is 7.09. The summed E-state index contributed by atoms with van der Waals surface area (Å²) in [6, 6.07) is 6.44. The minimum atomic E-state index is -4.43. The molecule has 0 fully saturated rings. The third-order valence-corrected chi connectivity index (χ3v) is 4.22. The molecule has 2 N–H and O–H groups in total. The van der Waals surface area contributed by atoms with Gasteiger partial charge in [0.15, 0.2) is 11.7 Å². The third-order valence-electron chi connectivity index (χ3n) is 3.38. The molecule has 0 amide bonds.